The molecule has 0 bridgehead atoms. The molecular weight excluding hydrogens is 228 g/mol. The van der Waals surface area contributed by atoms with E-state index in [-0.39, 0.29) is 5.56 Å². The van der Waals surface area contributed by atoms with Gasteiger partial charge in [-0.2, -0.15) is 0 Å². The van der Waals surface area contributed by atoms with E-state index in [2.05, 4.69) is 9.97 Å². The maximum absolute atomic E-state index is 11.2. The number of H-pyrrole nitrogens is 1. The van der Waals surface area contributed by atoms with E-state index in [1.165, 1.54) is 6.07 Å². The molecule has 5 nitrogen and oxygen atoms in total. The summed E-state index contributed by atoms with van der Waals surface area (Å²) in [6.07, 6.45) is 1.33. The third-order valence-electron chi connectivity index (χ3n) is 1.93. The van der Waals surface area contributed by atoms with Gasteiger partial charge in [-0.05, 0) is 13.3 Å². The van der Waals surface area contributed by atoms with Gasteiger partial charge in [0.1, 0.15) is 5.25 Å². The Kier molecular flexibility index (Phi) is 4.54. The molecule has 88 valence electrons. The quantitative estimate of drug-likeness (QED) is 0.602. The van der Waals surface area contributed by atoms with Crippen molar-refractivity contribution in [1.82, 2.24) is 9.97 Å². The second kappa shape index (κ2) is 5.69. The van der Waals surface area contributed by atoms with E-state index in [9.17, 15) is 9.59 Å². The van der Waals surface area contributed by atoms with Gasteiger partial charge in [-0.3, -0.25) is 9.59 Å². The van der Waals surface area contributed by atoms with Crippen molar-refractivity contribution in [2.45, 2.75) is 37.1 Å². The van der Waals surface area contributed by atoms with Crippen LogP contribution in [0.5, 0.6) is 0 Å². The van der Waals surface area contributed by atoms with Crippen molar-refractivity contribution in [3.8, 4) is 0 Å². The van der Waals surface area contributed by atoms with Gasteiger partial charge >= 0.3 is 5.97 Å². The molecule has 1 aromatic rings. The van der Waals surface area contributed by atoms with Gasteiger partial charge in [-0.25, -0.2) is 4.98 Å². The van der Waals surface area contributed by atoms with Crippen molar-refractivity contribution >= 4 is 17.7 Å². The highest BCUT2D eigenvalue weighted by Gasteiger charge is 2.19. The average Bonchev–Trinajstić information content (AvgIpc) is 2.15. The van der Waals surface area contributed by atoms with Crippen LogP contribution in [0.15, 0.2) is 16.0 Å². The first-order chi connectivity index (χ1) is 7.52. The highest BCUT2D eigenvalue weighted by atomic mass is 32.2. The predicted molar refractivity (Wildman–Crippen MR) is 61.8 cm³/mol. The Labute approximate surface area is 97.3 Å². The van der Waals surface area contributed by atoms with Gasteiger partial charge in [0.15, 0.2) is 5.16 Å². The van der Waals surface area contributed by atoms with Gasteiger partial charge in [0, 0.05) is 11.8 Å². The Balaban J connectivity index is 2.84. The van der Waals surface area contributed by atoms with Gasteiger partial charge in [-0.15, -0.1) is 0 Å². The topological polar surface area (TPSA) is 83.0 Å². The van der Waals surface area contributed by atoms with Crippen LogP contribution in [-0.2, 0) is 4.79 Å². The lowest BCUT2D eigenvalue weighted by Gasteiger charge is -2.09. The molecule has 1 atom stereocenters. The zero-order chi connectivity index (χ0) is 12.1. The number of aromatic amines is 1. The molecule has 1 heterocycles. The number of nitrogens with one attached hydrogen (secondary N) is 1. The Morgan fingerprint density at radius 3 is 2.88 bits per heavy atom. The molecule has 0 aliphatic rings. The Hall–Kier alpha value is -1.30. The minimum Gasteiger partial charge on any atom is -0.480 e. The number of aromatic nitrogens is 2. The summed E-state index contributed by atoms with van der Waals surface area (Å²) in [5.41, 5.74) is 0.336. The van der Waals surface area contributed by atoms with Crippen LogP contribution in [0.3, 0.4) is 0 Å². The highest BCUT2D eigenvalue weighted by Crippen LogP contribution is 2.22. The molecule has 0 amide bonds. The van der Waals surface area contributed by atoms with Crippen LogP contribution < -0.4 is 5.56 Å². The van der Waals surface area contributed by atoms with Crippen molar-refractivity contribution in [3.63, 3.8) is 0 Å². The molecule has 0 aliphatic heterocycles. The summed E-state index contributed by atoms with van der Waals surface area (Å²) in [5, 5.41) is 8.77. The fraction of sp³-hybridized carbons (Fsp3) is 0.500. The normalized spacial score (nSPS) is 12.4. The number of carbonyl (C=O) groups is 1. The summed E-state index contributed by atoms with van der Waals surface area (Å²) in [6.45, 7) is 3.62. The second-order valence-corrected chi connectivity index (χ2v) is 4.62. The van der Waals surface area contributed by atoms with Crippen LogP contribution in [0, 0.1) is 6.92 Å². The zero-order valence-electron chi connectivity index (χ0n) is 9.19. The molecule has 0 spiro atoms. The fourth-order valence-electron chi connectivity index (χ4n) is 1.24. The third kappa shape index (κ3) is 3.69. The molecule has 0 aliphatic carbocycles. The largest absolute Gasteiger partial charge is 0.480 e. The minimum atomic E-state index is -0.879. The van der Waals surface area contributed by atoms with Gasteiger partial charge in [0.05, 0.1) is 0 Å². The summed E-state index contributed by atoms with van der Waals surface area (Å²) in [7, 11) is 0. The number of nitrogens with zero attached hydrogens (tertiary/aromatic N) is 1. The fourth-order valence-corrected chi connectivity index (χ4v) is 2.32. The average molecular weight is 242 g/mol. The van der Waals surface area contributed by atoms with E-state index in [1.807, 2.05) is 6.92 Å². The summed E-state index contributed by atoms with van der Waals surface area (Å²) in [5.74, 6) is -0.879. The third-order valence-corrected chi connectivity index (χ3v) is 3.07. The summed E-state index contributed by atoms with van der Waals surface area (Å²) in [4.78, 5) is 28.7. The van der Waals surface area contributed by atoms with Crippen molar-refractivity contribution in [2.24, 2.45) is 0 Å². The van der Waals surface area contributed by atoms with E-state index < -0.39 is 11.2 Å². The molecule has 1 rings (SSSR count). The molecule has 0 aromatic carbocycles. The molecule has 0 radical (unpaired) electrons. The molecule has 0 saturated carbocycles. The smallest absolute Gasteiger partial charge is 0.317 e. The number of carboxylic acids is 1. The SMILES string of the molecule is CCCC(Sc1nc(C)cc(=O)[nH]1)C(=O)O. The maximum Gasteiger partial charge on any atom is 0.317 e. The number of carboxylic acid groups (broad SMARTS) is 1. The first-order valence-electron chi connectivity index (χ1n) is 5.00. The van der Waals surface area contributed by atoms with Gasteiger partial charge in [0.25, 0.3) is 5.56 Å². The van der Waals surface area contributed by atoms with Crippen LogP contribution >= 0.6 is 11.8 Å². The van der Waals surface area contributed by atoms with Crippen molar-refractivity contribution in [2.75, 3.05) is 0 Å². The monoisotopic (exact) mass is 242 g/mol. The number of hydrogen-bond donors (Lipinski definition) is 2. The molecule has 16 heavy (non-hydrogen) atoms. The summed E-state index contributed by atoms with van der Waals surface area (Å²) in [6, 6.07) is 1.37. The molecular formula is C10H14N2O3S. The second-order valence-electron chi connectivity index (χ2n) is 3.43. The predicted octanol–water partition coefficient (Wildman–Crippen LogP) is 1.42. The highest BCUT2D eigenvalue weighted by molar-refractivity contribution is 8.00. The van der Waals surface area contributed by atoms with Crippen molar-refractivity contribution in [3.05, 3.63) is 22.1 Å². The lowest BCUT2D eigenvalue weighted by Crippen LogP contribution is -2.18. The van der Waals surface area contributed by atoms with Crippen LogP contribution in [0.1, 0.15) is 25.5 Å². The van der Waals surface area contributed by atoms with Crippen molar-refractivity contribution in [1.29, 1.82) is 0 Å². The Morgan fingerprint density at radius 2 is 2.38 bits per heavy atom. The van der Waals surface area contributed by atoms with Crippen LogP contribution in [0.4, 0.5) is 0 Å². The molecule has 1 aromatic heterocycles. The van der Waals surface area contributed by atoms with E-state index >= 15 is 0 Å². The van der Waals surface area contributed by atoms with Crippen molar-refractivity contribution < 1.29 is 9.90 Å². The zero-order valence-corrected chi connectivity index (χ0v) is 10.0. The lowest BCUT2D eigenvalue weighted by molar-refractivity contribution is -0.136. The van der Waals surface area contributed by atoms with Gasteiger partial charge in [-0.1, -0.05) is 25.1 Å². The van der Waals surface area contributed by atoms with Crippen LogP contribution in [0.2, 0.25) is 0 Å². The molecule has 0 fully saturated rings. The minimum absolute atomic E-state index is 0.254. The van der Waals surface area contributed by atoms with Crippen LogP contribution in [-0.4, -0.2) is 26.3 Å². The summed E-state index contributed by atoms with van der Waals surface area (Å²) >= 11 is 1.08. The summed E-state index contributed by atoms with van der Waals surface area (Å²) < 4.78 is 0. The molecule has 2 N–H and O–H groups in total. The van der Waals surface area contributed by atoms with Crippen LogP contribution in [0.25, 0.3) is 0 Å². The number of rotatable bonds is 5. The maximum atomic E-state index is 11.2. The number of aryl methyl sites for hydroxylation is 1. The first kappa shape index (κ1) is 12.8. The Morgan fingerprint density at radius 1 is 1.69 bits per heavy atom. The van der Waals surface area contributed by atoms with E-state index in [0.717, 1.165) is 18.2 Å². The van der Waals surface area contributed by atoms with E-state index in [4.69, 9.17) is 5.11 Å². The molecule has 0 saturated heterocycles. The lowest BCUT2D eigenvalue weighted by atomic mass is 10.2. The Bertz CT molecular complexity index is 430. The molecule has 6 heteroatoms. The van der Waals surface area contributed by atoms with Gasteiger partial charge in [0.2, 0.25) is 0 Å². The first-order valence-corrected chi connectivity index (χ1v) is 5.88. The number of aliphatic carboxylic acids is 1. The molecule has 1 unspecified atom stereocenters. The number of hydrogen-bond acceptors (Lipinski definition) is 4. The number of thioether (sulfide) groups is 1. The van der Waals surface area contributed by atoms with E-state index in [1.54, 1.807) is 6.92 Å². The standard InChI is InChI=1S/C10H14N2O3S/c1-3-4-7(9(14)15)16-10-11-6(2)5-8(13)12-10/h5,7H,3-4H2,1-2H3,(H,14,15)(H,11,12,13). The van der Waals surface area contributed by atoms with Gasteiger partial charge < -0.3 is 10.1 Å². The van der Waals surface area contributed by atoms with E-state index in [0.29, 0.717) is 17.3 Å².